The number of aromatic nitrogens is 1. The van der Waals surface area contributed by atoms with Gasteiger partial charge in [0.15, 0.2) is 11.5 Å². The lowest BCUT2D eigenvalue weighted by molar-refractivity contribution is 0.0224. The van der Waals surface area contributed by atoms with Crippen LogP contribution in [-0.2, 0) is 9.47 Å². The minimum absolute atomic E-state index is 0.480. The van der Waals surface area contributed by atoms with Crippen molar-refractivity contribution in [1.29, 1.82) is 0 Å². The van der Waals surface area contributed by atoms with E-state index in [-0.39, 0.29) is 0 Å². The molecule has 3 rings (SSSR count). The molecule has 0 radical (unpaired) electrons. The summed E-state index contributed by atoms with van der Waals surface area (Å²) in [6, 6.07) is 5.89. The molecular formula is C16H19NO4. The molecule has 112 valence electrons. The van der Waals surface area contributed by atoms with Crippen LogP contribution in [0.1, 0.15) is 5.56 Å². The molecule has 0 aliphatic carbocycles. The maximum atomic E-state index is 5.80. The molecule has 2 aromatic rings. The summed E-state index contributed by atoms with van der Waals surface area (Å²) in [7, 11) is 0. The van der Waals surface area contributed by atoms with Gasteiger partial charge >= 0.3 is 0 Å². The van der Waals surface area contributed by atoms with E-state index in [0.29, 0.717) is 45.4 Å². The number of aryl methyl sites for hydroxylation is 1. The highest BCUT2D eigenvalue weighted by molar-refractivity contribution is 5.85. The van der Waals surface area contributed by atoms with Crippen molar-refractivity contribution < 1.29 is 18.9 Å². The van der Waals surface area contributed by atoms with Crippen molar-refractivity contribution in [2.75, 3.05) is 39.6 Å². The lowest BCUT2D eigenvalue weighted by Crippen LogP contribution is -2.15. The van der Waals surface area contributed by atoms with Gasteiger partial charge in [0, 0.05) is 17.6 Å². The number of hydrogen-bond donors (Lipinski definition) is 0. The van der Waals surface area contributed by atoms with E-state index in [2.05, 4.69) is 11.9 Å². The molecule has 0 N–H and O–H groups in total. The van der Waals surface area contributed by atoms with Crippen LogP contribution in [0.4, 0.5) is 0 Å². The van der Waals surface area contributed by atoms with Crippen molar-refractivity contribution in [3.63, 3.8) is 0 Å². The first-order valence-corrected chi connectivity index (χ1v) is 7.15. The van der Waals surface area contributed by atoms with Crippen LogP contribution < -0.4 is 9.47 Å². The first kappa shape index (κ1) is 14.1. The van der Waals surface area contributed by atoms with E-state index in [9.17, 15) is 0 Å². The Morgan fingerprint density at radius 2 is 1.48 bits per heavy atom. The highest BCUT2D eigenvalue weighted by atomic mass is 16.6. The summed E-state index contributed by atoms with van der Waals surface area (Å²) in [5.74, 6) is 1.42. The van der Waals surface area contributed by atoms with Gasteiger partial charge in [0.25, 0.3) is 0 Å². The maximum Gasteiger partial charge on any atom is 0.163 e. The third kappa shape index (κ3) is 3.43. The molecule has 0 bridgehead atoms. The molecule has 0 unspecified atom stereocenters. The lowest BCUT2D eigenvalue weighted by atomic mass is 10.1. The molecule has 5 heteroatoms. The van der Waals surface area contributed by atoms with Crippen LogP contribution in [0, 0.1) is 6.92 Å². The zero-order valence-electron chi connectivity index (χ0n) is 12.1. The van der Waals surface area contributed by atoms with Gasteiger partial charge in [0.1, 0.15) is 13.2 Å². The van der Waals surface area contributed by atoms with Crippen molar-refractivity contribution in [2.24, 2.45) is 0 Å². The molecule has 0 spiro atoms. The van der Waals surface area contributed by atoms with E-state index in [0.717, 1.165) is 22.2 Å². The third-order valence-electron chi connectivity index (χ3n) is 3.37. The fourth-order valence-electron chi connectivity index (χ4n) is 2.26. The molecule has 2 heterocycles. The molecule has 1 aliphatic heterocycles. The molecule has 1 aromatic carbocycles. The van der Waals surface area contributed by atoms with Gasteiger partial charge in [0.05, 0.1) is 31.9 Å². The average molecular weight is 289 g/mol. The second-order valence-electron chi connectivity index (χ2n) is 4.87. The van der Waals surface area contributed by atoms with Gasteiger partial charge in [-0.1, -0.05) is 0 Å². The van der Waals surface area contributed by atoms with Crippen LogP contribution in [0.5, 0.6) is 11.5 Å². The van der Waals surface area contributed by atoms with E-state index >= 15 is 0 Å². The standard InChI is InChI=1S/C16H19NO4/c1-12-2-3-17-14-11-16-15(10-13(12)14)20-8-6-18-4-5-19-7-9-21-16/h2-3,10-11H,4-9H2,1H3. The van der Waals surface area contributed by atoms with Crippen LogP contribution in [0.3, 0.4) is 0 Å². The number of benzene rings is 1. The summed E-state index contributed by atoms with van der Waals surface area (Å²) < 4.78 is 22.4. The second-order valence-corrected chi connectivity index (χ2v) is 4.87. The quantitative estimate of drug-likeness (QED) is 0.745. The second kappa shape index (κ2) is 6.74. The Kier molecular flexibility index (Phi) is 4.52. The Balaban J connectivity index is 1.92. The Morgan fingerprint density at radius 3 is 2.19 bits per heavy atom. The van der Waals surface area contributed by atoms with E-state index < -0.39 is 0 Å². The predicted molar refractivity (Wildman–Crippen MR) is 79.1 cm³/mol. The molecule has 0 atom stereocenters. The molecule has 21 heavy (non-hydrogen) atoms. The van der Waals surface area contributed by atoms with Crippen LogP contribution in [0.25, 0.3) is 10.9 Å². The molecule has 0 saturated carbocycles. The summed E-state index contributed by atoms with van der Waals surface area (Å²) in [5, 5.41) is 1.07. The number of hydrogen-bond acceptors (Lipinski definition) is 5. The van der Waals surface area contributed by atoms with Crippen molar-refractivity contribution in [1.82, 2.24) is 4.98 Å². The molecule has 0 amide bonds. The fraction of sp³-hybridized carbons (Fsp3) is 0.438. The fourth-order valence-corrected chi connectivity index (χ4v) is 2.26. The molecule has 0 saturated heterocycles. The Labute approximate surface area is 123 Å². The first-order chi connectivity index (χ1) is 10.3. The summed E-state index contributed by atoms with van der Waals surface area (Å²) in [6.45, 7) is 5.25. The van der Waals surface area contributed by atoms with Gasteiger partial charge in [-0.3, -0.25) is 4.98 Å². The summed E-state index contributed by atoms with van der Waals surface area (Å²) >= 11 is 0. The lowest BCUT2D eigenvalue weighted by Gasteiger charge is -2.16. The number of rotatable bonds is 0. The van der Waals surface area contributed by atoms with Gasteiger partial charge in [-0.05, 0) is 24.6 Å². The van der Waals surface area contributed by atoms with Crippen molar-refractivity contribution in [2.45, 2.75) is 6.92 Å². The van der Waals surface area contributed by atoms with Gasteiger partial charge < -0.3 is 18.9 Å². The topological polar surface area (TPSA) is 49.8 Å². The first-order valence-electron chi connectivity index (χ1n) is 7.15. The maximum absolute atomic E-state index is 5.80. The average Bonchev–Trinajstić information content (AvgIpc) is 2.48. The summed E-state index contributed by atoms with van der Waals surface area (Å²) in [5.41, 5.74) is 2.07. The summed E-state index contributed by atoms with van der Waals surface area (Å²) in [4.78, 5) is 4.39. The number of pyridine rings is 1. The normalized spacial score (nSPS) is 17.0. The largest absolute Gasteiger partial charge is 0.487 e. The van der Waals surface area contributed by atoms with Gasteiger partial charge in [-0.2, -0.15) is 0 Å². The van der Waals surface area contributed by atoms with Gasteiger partial charge in [-0.25, -0.2) is 0 Å². The summed E-state index contributed by atoms with van der Waals surface area (Å²) in [6.07, 6.45) is 1.80. The molecule has 0 fully saturated rings. The zero-order valence-corrected chi connectivity index (χ0v) is 12.1. The predicted octanol–water partition coefficient (Wildman–Crippen LogP) is 2.35. The SMILES string of the molecule is Cc1ccnc2cc3c(cc12)OCCOCCOCCO3. The van der Waals surface area contributed by atoms with Crippen LogP contribution in [-0.4, -0.2) is 44.6 Å². The minimum atomic E-state index is 0.480. The Bertz CT molecular complexity index is 614. The Hall–Kier alpha value is -1.85. The molecule has 1 aliphatic rings. The number of nitrogens with zero attached hydrogens (tertiary/aromatic N) is 1. The monoisotopic (exact) mass is 289 g/mol. The smallest absolute Gasteiger partial charge is 0.163 e. The van der Waals surface area contributed by atoms with Crippen LogP contribution in [0.2, 0.25) is 0 Å². The van der Waals surface area contributed by atoms with E-state index in [1.807, 2.05) is 18.2 Å². The van der Waals surface area contributed by atoms with E-state index in [4.69, 9.17) is 18.9 Å². The molecule has 5 nitrogen and oxygen atoms in total. The van der Waals surface area contributed by atoms with Crippen LogP contribution in [0.15, 0.2) is 24.4 Å². The van der Waals surface area contributed by atoms with Gasteiger partial charge in [-0.15, -0.1) is 0 Å². The van der Waals surface area contributed by atoms with Crippen molar-refractivity contribution in [3.05, 3.63) is 30.0 Å². The third-order valence-corrected chi connectivity index (χ3v) is 3.37. The highest BCUT2D eigenvalue weighted by Crippen LogP contribution is 2.33. The Morgan fingerprint density at radius 1 is 0.857 bits per heavy atom. The van der Waals surface area contributed by atoms with Crippen molar-refractivity contribution in [3.8, 4) is 11.5 Å². The molecule has 1 aromatic heterocycles. The van der Waals surface area contributed by atoms with E-state index in [1.54, 1.807) is 6.20 Å². The molecular weight excluding hydrogens is 270 g/mol. The number of ether oxygens (including phenoxy) is 4. The minimum Gasteiger partial charge on any atom is -0.487 e. The van der Waals surface area contributed by atoms with Crippen molar-refractivity contribution >= 4 is 10.9 Å². The zero-order chi connectivity index (χ0) is 14.5. The van der Waals surface area contributed by atoms with E-state index in [1.165, 1.54) is 0 Å². The van der Waals surface area contributed by atoms with Crippen LogP contribution >= 0.6 is 0 Å². The van der Waals surface area contributed by atoms with Gasteiger partial charge in [0.2, 0.25) is 0 Å². The highest BCUT2D eigenvalue weighted by Gasteiger charge is 2.11. The number of fused-ring (bicyclic) bond motifs is 2.